The molecule has 1 fully saturated rings. The maximum Gasteiger partial charge on any atom is 0.233 e. The largest absolute Gasteiger partial charge is 0.375 e. The Kier molecular flexibility index (Phi) is 4.65. The lowest BCUT2D eigenvalue weighted by Crippen LogP contribution is -2.50. The second kappa shape index (κ2) is 6.25. The van der Waals surface area contributed by atoms with E-state index in [0.717, 1.165) is 4.21 Å². The van der Waals surface area contributed by atoms with Gasteiger partial charge in [0, 0.05) is 33.1 Å². The van der Waals surface area contributed by atoms with E-state index in [-0.39, 0.29) is 11.8 Å². The molecule has 0 radical (unpaired) electrons. The molecule has 1 saturated heterocycles. The third-order valence-electron chi connectivity index (χ3n) is 2.92. The SMILES string of the molecule is CC(=O)N1CCN(C(=O)CSc2cnc(N)s2)CC1. The molecular weight excluding hydrogens is 284 g/mol. The molecule has 0 aromatic carbocycles. The molecule has 19 heavy (non-hydrogen) atoms. The third kappa shape index (κ3) is 3.84. The Morgan fingerprint density at radius 1 is 1.37 bits per heavy atom. The highest BCUT2D eigenvalue weighted by molar-refractivity contribution is 8.01. The highest BCUT2D eigenvalue weighted by Gasteiger charge is 2.22. The van der Waals surface area contributed by atoms with Crippen LogP contribution in [0.5, 0.6) is 0 Å². The number of nitrogens with zero attached hydrogens (tertiary/aromatic N) is 3. The van der Waals surface area contributed by atoms with E-state index in [1.54, 1.807) is 22.9 Å². The van der Waals surface area contributed by atoms with Crippen LogP contribution in [-0.4, -0.2) is 58.5 Å². The van der Waals surface area contributed by atoms with Crippen LogP contribution in [0.25, 0.3) is 0 Å². The van der Waals surface area contributed by atoms with Crippen LogP contribution >= 0.6 is 23.1 Å². The topological polar surface area (TPSA) is 79.5 Å². The Bertz CT molecular complexity index is 469. The molecule has 0 unspecified atom stereocenters. The number of hydrogen-bond donors (Lipinski definition) is 1. The van der Waals surface area contributed by atoms with E-state index in [2.05, 4.69) is 4.98 Å². The van der Waals surface area contributed by atoms with E-state index >= 15 is 0 Å². The molecule has 6 nitrogen and oxygen atoms in total. The highest BCUT2D eigenvalue weighted by atomic mass is 32.2. The molecule has 1 aromatic heterocycles. The second-order valence-corrected chi connectivity index (χ2v) is 6.53. The van der Waals surface area contributed by atoms with Gasteiger partial charge >= 0.3 is 0 Å². The maximum absolute atomic E-state index is 12.0. The summed E-state index contributed by atoms with van der Waals surface area (Å²) < 4.78 is 0.952. The van der Waals surface area contributed by atoms with Crippen molar-refractivity contribution in [3.63, 3.8) is 0 Å². The predicted molar refractivity (Wildman–Crippen MR) is 76.1 cm³/mol. The second-order valence-electron chi connectivity index (χ2n) is 4.19. The predicted octanol–water partition coefficient (Wildman–Crippen LogP) is 0.508. The molecule has 0 spiro atoms. The molecule has 2 heterocycles. The Labute approximate surface area is 120 Å². The summed E-state index contributed by atoms with van der Waals surface area (Å²) >= 11 is 2.84. The number of piperazine rings is 1. The average Bonchev–Trinajstić information content (AvgIpc) is 2.82. The lowest BCUT2D eigenvalue weighted by molar-refractivity contribution is -0.136. The van der Waals surface area contributed by atoms with Gasteiger partial charge in [-0.1, -0.05) is 11.3 Å². The van der Waals surface area contributed by atoms with Crippen molar-refractivity contribution < 1.29 is 9.59 Å². The van der Waals surface area contributed by atoms with Crippen LogP contribution < -0.4 is 5.73 Å². The lowest BCUT2D eigenvalue weighted by atomic mass is 10.3. The Morgan fingerprint density at radius 2 is 2.00 bits per heavy atom. The lowest BCUT2D eigenvalue weighted by Gasteiger charge is -2.34. The van der Waals surface area contributed by atoms with Gasteiger partial charge in [-0.3, -0.25) is 9.59 Å². The van der Waals surface area contributed by atoms with Crippen LogP contribution in [0.15, 0.2) is 10.4 Å². The first-order valence-corrected chi connectivity index (χ1v) is 7.74. The van der Waals surface area contributed by atoms with Gasteiger partial charge in [-0.05, 0) is 0 Å². The van der Waals surface area contributed by atoms with Gasteiger partial charge in [0.05, 0.1) is 16.2 Å². The summed E-state index contributed by atoms with van der Waals surface area (Å²) in [5, 5.41) is 0.519. The number of carbonyl (C=O) groups excluding carboxylic acids is 2. The molecule has 104 valence electrons. The van der Waals surface area contributed by atoms with Crippen molar-refractivity contribution >= 4 is 40.0 Å². The fourth-order valence-corrected chi connectivity index (χ4v) is 3.49. The monoisotopic (exact) mass is 300 g/mol. The molecule has 1 aromatic rings. The summed E-state index contributed by atoms with van der Waals surface area (Å²) in [4.78, 5) is 30.7. The Morgan fingerprint density at radius 3 is 2.53 bits per heavy atom. The summed E-state index contributed by atoms with van der Waals surface area (Å²) in [6.07, 6.45) is 1.69. The summed E-state index contributed by atoms with van der Waals surface area (Å²) in [6.45, 7) is 4.04. The van der Waals surface area contributed by atoms with Crippen LogP contribution in [0.1, 0.15) is 6.92 Å². The van der Waals surface area contributed by atoms with Gasteiger partial charge in [0.15, 0.2) is 5.13 Å². The summed E-state index contributed by atoms with van der Waals surface area (Å²) in [6, 6.07) is 0. The van der Waals surface area contributed by atoms with Crippen LogP contribution in [0.2, 0.25) is 0 Å². The fourth-order valence-electron chi connectivity index (χ4n) is 1.83. The van der Waals surface area contributed by atoms with Gasteiger partial charge in [0.1, 0.15) is 0 Å². The number of nitrogens with two attached hydrogens (primary N) is 1. The van der Waals surface area contributed by atoms with Crippen molar-refractivity contribution in [3.8, 4) is 0 Å². The number of thiazole rings is 1. The molecule has 2 rings (SSSR count). The standard InChI is InChI=1S/C11H16N4O2S2/c1-8(16)14-2-4-15(5-3-14)9(17)7-18-10-6-13-11(12)19-10/h6H,2-5,7H2,1H3,(H2,12,13). The van der Waals surface area contributed by atoms with Crippen LogP contribution in [0.4, 0.5) is 5.13 Å². The Hall–Kier alpha value is -1.28. The van der Waals surface area contributed by atoms with E-state index in [4.69, 9.17) is 5.73 Å². The number of aromatic nitrogens is 1. The zero-order valence-electron chi connectivity index (χ0n) is 10.7. The molecule has 1 aliphatic rings. The van der Waals surface area contributed by atoms with E-state index < -0.39 is 0 Å². The third-order valence-corrected chi connectivity index (χ3v) is 4.92. The fraction of sp³-hybridized carbons (Fsp3) is 0.545. The summed E-state index contributed by atoms with van der Waals surface area (Å²) in [5.41, 5.74) is 5.53. The average molecular weight is 300 g/mol. The molecule has 2 N–H and O–H groups in total. The molecule has 0 bridgehead atoms. The minimum absolute atomic E-state index is 0.0709. The molecule has 1 aliphatic heterocycles. The zero-order valence-corrected chi connectivity index (χ0v) is 12.3. The van der Waals surface area contributed by atoms with Crippen LogP contribution in [-0.2, 0) is 9.59 Å². The first kappa shape index (κ1) is 14.1. The minimum Gasteiger partial charge on any atom is -0.375 e. The molecular formula is C11H16N4O2S2. The van der Waals surface area contributed by atoms with Crippen molar-refractivity contribution in [2.24, 2.45) is 0 Å². The normalized spacial score (nSPS) is 15.6. The van der Waals surface area contributed by atoms with Gasteiger partial charge in [-0.2, -0.15) is 0 Å². The smallest absolute Gasteiger partial charge is 0.233 e. The van der Waals surface area contributed by atoms with E-state index in [9.17, 15) is 9.59 Å². The van der Waals surface area contributed by atoms with Gasteiger partial charge in [-0.25, -0.2) is 4.98 Å². The van der Waals surface area contributed by atoms with Gasteiger partial charge in [0.25, 0.3) is 0 Å². The number of hydrogen-bond acceptors (Lipinski definition) is 6. The minimum atomic E-state index is 0.0709. The molecule has 2 amide bonds. The van der Waals surface area contributed by atoms with Crippen molar-refractivity contribution in [2.75, 3.05) is 37.7 Å². The van der Waals surface area contributed by atoms with Gasteiger partial charge in [-0.15, -0.1) is 11.8 Å². The van der Waals surface area contributed by atoms with Crippen molar-refractivity contribution in [1.29, 1.82) is 0 Å². The first-order chi connectivity index (χ1) is 9.06. The number of anilines is 1. The number of nitrogen functional groups attached to an aromatic ring is 1. The van der Waals surface area contributed by atoms with E-state index in [1.165, 1.54) is 23.1 Å². The first-order valence-electron chi connectivity index (χ1n) is 5.93. The van der Waals surface area contributed by atoms with E-state index in [0.29, 0.717) is 37.1 Å². The number of carbonyl (C=O) groups is 2. The van der Waals surface area contributed by atoms with Crippen LogP contribution in [0.3, 0.4) is 0 Å². The number of rotatable bonds is 3. The van der Waals surface area contributed by atoms with E-state index in [1.807, 2.05) is 0 Å². The number of thioether (sulfide) groups is 1. The van der Waals surface area contributed by atoms with Crippen molar-refractivity contribution in [3.05, 3.63) is 6.20 Å². The maximum atomic E-state index is 12.0. The highest BCUT2D eigenvalue weighted by Crippen LogP contribution is 2.26. The summed E-state index contributed by atoms with van der Waals surface area (Å²) in [7, 11) is 0. The van der Waals surface area contributed by atoms with Crippen molar-refractivity contribution in [2.45, 2.75) is 11.1 Å². The van der Waals surface area contributed by atoms with Gasteiger partial charge in [0.2, 0.25) is 11.8 Å². The number of amides is 2. The Balaban J connectivity index is 1.77. The molecule has 0 saturated carbocycles. The quantitative estimate of drug-likeness (QED) is 0.823. The molecule has 8 heteroatoms. The van der Waals surface area contributed by atoms with Gasteiger partial charge < -0.3 is 15.5 Å². The summed E-state index contributed by atoms with van der Waals surface area (Å²) in [5.74, 6) is 0.559. The zero-order chi connectivity index (χ0) is 13.8. The molecule has 0 atom stereocenters. The van der Waals surface area contributed by atoms with Crippen molar-refractivity contribution in [1.82, 2.24) is 14.8 Å². The molecule has 0 aliphatic carbocycles. The van der Waals surface area contributed by atoms with Crippen LogP contribution in [0, 0.1) is 0 Å².